The summed E-state index contributed by atoms with van der Waals surface area (Å²) >= 11 is 0. The molecule has 9 heteroatoms. The highest BCUT2D eigenvalue weighted by atomic mass is 15.0. The molecule has 0 aliphatic carbocycles. The van der Waals surface area contributed by atoms with Crippen molar-refractivity contribution in [2.75, 3.05) is 0 Å². The highest BCUT2D eigenvalue weighted by Crippen LogP contribution is 2.36. The zero-order valence-electron chi connectivity index (χ0n) is 22.1. The van der Waals surface area contributed by atoms with Gasteiger partial charge in [0.25, 0.3) is 0 Å². The van der Waals surface area contributed by atoms with Gasteiger partial charge in [0.15, 0.2) is 17.5 Å². The van der Waals surface area contributed by atoms with E-state index in [0.29, 0.717) is 17.5 Å². The Kier molecular flexibility index (Phi) is 6.63. The number of aromatic nitrogens is 9. The molecule has 0 amide bonds. The third kappa shape index (κ3) is 4.86. The molecule has 42 heavy (non-hydrogen) atoms. The Morgan fingerprint density at radius 3 is 0.881 bits per heavy atom. The van der Waals surface area contributed by atoms with Crippen molar-refractivity contribution in [2.24, 2.45) is 0 Å². The maximum absolute atomic E-state index is 5.03. The summed E-state index contributed by atoms with van der Waals surface area (Å²) in [6.45, 7) is 0. The monoisotopic (exact) mass is 543 g/mol. The molecule has 0 radical (unpaired) electrons. The van der Waals surface area contributed by atoms with Gasteiger partial charge in [-0.3, -0.25) is 29.9 Å². The smallest absolute Gasteiger partial charge is 0.164 e. The van der Waals surface area contributed by atoms with Crippen molar-refractivity contribution < 1.29 is 0 Å². The molecule has 7 aromatic heterocycles. The predicted molar refractivity (Wildman–Crippen MR) is 159 cm³/mol. The molecule has 7 rings (SSSR count). The van der Waals surface area contributed by atoms with Gasteiger partial charge in [-0.25, -0.2) is 15.0 Å². The van der Waals surface area contributed by atoms with Crippen LogP contribution in [0, 0.1) is 0 Å². The molecule has 0 aromatic carbocycles. The maximum Gasteiger partial charge on any atom is 0.164 e. The second-order valence-corrected chi connectivity index (χ2v) is 9.30. The Hall–Kier alpha value is -6.09. The fourth-order valence-corrected chi connectivity index (χ4v) is 4.76. The molecule has 0 bridgehead atoms. The summed E-state index contributed by atoms with van der Waals surface area (Å²) in [5.41, 5.74) is 7.71. The van der Waals surface area contributed by atoms with Crippen LogP contribution >= 0.6 is 0 Å². The molecule has 0 saturated carbocycles. The van der Waals surface area contributed by atoms with E-state index in [4.69, 9.17) is 15.0 Å². The van der Waals surface area contributed by atoms with E-state index in [2.05, 4.69) is 29.9 Å². The Bertz CT molecular complexity index is 1740. The first kappa shape index (κ1) is 24.9. The highest BCUT2D eigenvalue weighted by molar-refractivity contribution is 5.85. The fourth-order valence-electron chi connectivity index (χ4n) is 4.76. The van der Waals surface area contributed by atoms with E-state index in [1.165, 1.54) is 0 Å². The summed E-state index contributed by atoms with van der Waals surface area (Å²) in [6.07, 6.45) is 21.2. The van der Waals surface area contributed by atoms with Crippen molar-refractivity contribution in [3.8, 4) is 67.5 Å². The molecular formula is C33H21N9. The molecular weight excluding hydrogens is 522 g/mol. The van der Waals surface area contributed by atoms with Crippen LogP contribution in [0.3, 0.4) is 0 Å². The molecule has 7 aromatic rings. The summed E-state index contributed by atoms with van der Waals surface area (Å²) in [6, 6.07) is 17.4. The van der Waals surface area contributed by atoms with Gasteiger partial charge >= 0.3 is 0 Å². The Morgan fingerprint density at radius 1 is 0.286 bits per heavy atom. The average Bonchev–Trinajstić information content (AvgIpc) is 3.09. The third-order valence-electron chi connectivity index (χ3n) is 6.74. The minimum absolute atomic E-state index is 0.499. The molecule has 0 atom stereocenters. The first-order valence-electron chi connectivity index (χ1n) is 13.2. The van der Waals surface area contributed by atoms with Crippen molar-refractivity contribution in [1.82, 2.24) is 44.9 Å². The number of pyridine rings is 6. The van der Waals surface area contributed by atoms with Crippen LogP contribution in [0.5, 0.6) is 0 Å². The number of nitrogens with zero attached hydrogens (tertiary/aromatic N) is 9. The van der Waals surface area contributed by atoms with Gasteiger partial charge in [0, 0.05) is 124 Å². The molecule has 7 heterocycles. The van der Waals surface area contributed by atoms with Crippen LogP contribution in [0.2, 0.25) is 0 Å². The van der Waals surface area contributed by atoms with Crippen molar-refractivity contribution >= 4 is 0 Å². The maximum atomic E-state index is 5.03. The van der Waals surface area contributed by atoms with Gasteiger partial charge in [-0.05, 0) is 36.4 Å². The van der Waals surface area contributed by atoms with Gasteiger partial charge < -0.3 is 0 Å². The summed E-state index contributed by atoms with van der Waals surface area (Å²) in [5.74, 6) is 1.50. The summed E-state index contributed by atoms with van der Waals surface area (Å²) in [4.78, 5) is 41.2. The lowest BCUT2D eigenvalue weighted by atomic mass is 10.0. The predicted octanol–water partition coefficient (Wildman–Crippen LogP) is 6.24. The fraction of sp³-hybridized carbons (Fsp3) is 0. The van der Waals surface area contributed by atoms with E-state index in [1.54, 1.807) is 74.4 Å². The number of hydrogen-bond donors (Lipinski definition) is 0. The van der Waals surface area contributed by atoms with Crippen LogP contribution in [0.4, 0.5) is 0 Å². The molecule has 198 valence electrons. The first-order valence-corrected chi connectivity index (χ1v) is 13.2. The molecule has 0 aliphatic heterocycles. The van der Waals surface area contributed by atoms with Crippen molar-refractivity contribution in [3.63, 3.8) is 0 Å². The van der Waals surface area contributed by atoms with Crippen LogP contribution in [-0.4, -0.2) is 44.9 Å². The minimum Gasteiger partial charge on any atom is -0.264 e. The lowest BCUT2D eigenvalue weighted by Gasteiger charge is -2.14. The molecule has 0 saturated heterocycles. The zero-order valence-corrected chi connectivity index (χ0v) is 22.1. The molecule has 0 fully saturated rings. The van der Waals surface area contributed by atoms with Gasteiger partial charge in [0.05, 0.1) is 0 Å². The third-order valence-corrected chi connectivity index (χ3v) is 6.74. The Morgan fingerprint density at radius 2 is 0.595 bits per heavy atom. The van der Waals surface area contributed by atoms with Gasteiger partial charge in [-0.2, -0.15) is 0 Å². The minimum atomic E-state index is 0.499. The summed E-state index contributed by atoms with van der Waals surface area (Å²) in [5, 5.41) is 0. The molecule has 9 nitrogen and oxygen atoms in total. The molecule has 0 N–H and O–H groups in total. The normalized spacial score (nSPS) is 10.9. The summed E-state index contributed by atoms with van der Waals surface area (Å²) < 4.78 is 0. The molecule has 0 unspecified atom stereocenters. The SMILES string of the molecule is c1cncc(-c2cnccc2-c2nc(-c3ccncc3-c3cccnc3)nc(-c3ccncc3-c3cccnc3)n2)c1. The lowest BCUT2D eigenvalue weighted by Crippen LogP contribution is -2.03. The largest absolute Gasteiger partial charge is 0.264 e. The number of rotatable bonds is 6. The van der Waals surface area contributed by atoms with Gasteiger partial charge in [0.1, 0.15) is 0 Å². The van der Waals surface area contributed by atoms with Gasteiger partial charge in [-0.1, -0.05) is 18.2 Å². The number of hydrogen-bond acceptors (Lipinski definition) is 9. The van der Waals surface area contributed by atoms with Gasteiger partial charge in [0.2, 0.25) is 0 Å². The van der Waals surface area contributed by atoms with E-state index in [0.717, 1.165) is 50.1 Å². The van der Waals surface area contributed by atoms with E-state index < -0.39 is 0 Å². The van der Waals surface area contributed by atoms with E-state index in [9.17, 15) is 0 Å². The van der Waals surface area contributed by atoms with Gasteiger partial charge in [-0.15, -0.1) is 0 Å². The van der Waals surface area contributed by atoms with Crippen molar-refractivity contribution in [2.45, 2.75) is 0 Å². The standard InChI is InChI=1S/C33H21N9/c1-4-22(16-34-10-1)28-19-37-13-7-25(28)31-40-32(26-8-14-38-20-29(26)23-5-2-11-35-17-23)42-33(41-31)27-9-15-39-21-30(27)24-6-3-12-36-18-24/h1-21H. The Balaban J connectivity index is 1.49. The molecule has 0 spiro atoms. The van der Waals surface area contributed by atoms with Crippen molar-refractivity contribution in [1.29, 1.82) is 0 Å². The second-order valence-electron chi connectivity index (χ2n) is 9.30. The van der Waals surface area contributed by atoms with E-state index in [-0.39, 0.29) is 0 Å². The van der Waals surface area contributed by atoms with E-state index >= 15 is 0 Å². The quantitative estimate of drug-likeness (QED) is 0.240. The van der Waals surface area contributed by atoms with E-state index in [1.807, 2.05) is 54.6 Å². The topological polar surface area (TPSA) is 116 Å². The highest BCUT2D eigenvalue weighted by Gasteiger charge is 2.20. The van der Waals surface area contributed by atoms with Crippen LogP contribution < -0.4 is 0 Å². The second kappa shape index (κ2) is 11.2. The zero-order chi connectivity index (χ0) is 28.1. The summed E-state index contributed by atoms with van der Waals surface area (Å²) in [7, 11) is 0. The first-order chi connectivity index (χ1) is 20.8. The van der Waals surface area contributed by atoms with Crippen LogP contribution in [0.25, 0.3) is 67.5 Å². The lowest BCUT2D eigenvalue weighted by molar-refractivity contribution is 1.07. The van der Waals surface area contributed by atoms with Crippen LogP contribution in [-0.2, 0) is 0 Å². The van der Waals surface area contributed by atoms with Crippen LogP contribution in [0.15, 0.2) is 129 Å². The Labute approximate surface area is 241 Å². The molecule has 0 aliphatic rings. The van der Waals surface area contributed by atoms with Crippen LogP contribution in [0.1, 0.15) is 0 Å². The average molecular weight is 544 g/mol. The van der Waals surface area contributed by atoms with Crippen molar-refractivity contribution in [3.05, 3.63) is 129 Å².